The molecule has 0 aliphatic carbocycles. The fraction of sp³-hybridized carbons (Fsp3) is 0.444. The number of rotatable bonds is 3. The lowest BCUT2D eigenvalue weighted by Crippen LogP contribution is -2.49. The smallest absolute Gasteiger partial charge is 0.274 e. The number of aromatic nitrogens is 3. The molecule has 142 valence electrons. The van der Waals surface area contributed by atoms with Gasteiger partial charge in [0, 0.05) is 51.9 Å². The highest BCUT2D eigenvalue weighted by Crippen LogP contribution is 2.19. The van der Waals surface area contributed by atoms with Gasteiger partial charge in [-0.15, -0.1) is 0 Å². The first kappa shape index (κ1) is 17.3. The van der Waals surface area contributed by atoms with Crippen molar-refractivity contribution < 1.29 is 14.3 Å². The summed E-state index contributed by atoms with van der Waals surface area (Å²) in [6.45, 7) is 3.85. The first-order valence-electron chi connectivity index (χ1n) is 8.94. The summed E-state index contributed by atoms with van der Waals surface area (Å²) in [5, 5.41) is 4.35. The number of amides is 2. The summed E-state index contributed by atoms with van der Waals surface area (Å²) in [7, 11) is 3.35. The summed E-state index contributed by atoms with van der Waals surface area (Å²) in [4.78, 5) is 34.9. The molecule has 1 saturated heterocycles. The van der Waals surface area contributed by atoms with E-state index in [1.165, 1.54) is 0 Å². The molecule has 0 aromatic carbocycles. The zero-order valence-electron chi connectivity index (χ0n) is 15.5. The third-order valence-corrected chi connectivity index (χ3v) is 5.07. The molecule has 0 saturated carbocycles. The van der Waals surface area contributed by atoms with Gasteiger partial charge in [0.1, 0.15) is 5.69 Å². The van der Waals surface area contributed by atoms with Crippen LogP contribution in [0.2, 0.25) is 0 Å². The monoisotopic (exact) mass is 370 g/mol. The molecule has 0 N–H and O–H groups in total. The van der Waals surface area contributed by atoms with Crippen LogP contribution in [0.15, 0.2) is 24.4 Å². The molecule has 2 amide bonds. The number of carbonyl (C=O) groups excluding carboxylic acids is 2. The second-order valence-corrected chi connectivity index (χ2v) is 6.70. The zero-order chi connectivity index (χ0) is 19.0. The van der Waals surface area contributed by atoms with E-state index in [9.17, 15) is 9.59 Å². The molecule has 2 aromatic rings. The molecule has 0 bridgehead atoms. The summed E-state index contributed by atoms with van der Waals surface area (Å²) in [5.41, 5.74) is 1.83. The summed E-state index contributed by atoms with van der Waals surface area (Å²) in [5.74, 6) is 0.362. The number of hydrogen-bond donors (Lipinski definition) is 0. The Kier molecular flexibility index (Phi) is 4.43. The second kappa shape index (κ2) is 6.90. The van der Waals surface area contributed by atoms with Crippen molar-refractivity contribution in [2.24, 2.45) is 0 Å². The van der Waals surface area contributed by atoms with Gasteiger partial charge in [0.25, 0.3) is 11.8 Å². The number of carbonyl (C=O) groups is 2. The highest BCUT2D eigenvalue weighted by atomic mass is 16.5. The van der Waals surface area contributed by atoms with Crippen LogP contribution in [-0.2, 0) is 6.54 Å². The number of pyridine rings is 1. The van der Waals surface area contributed by atoms with Crippen LogP contribution in [0.5, 0.6) is 5.88 Å². The zero-order valence-corrected chi connectivity index (χ0v) is 15.5. The Morgan fingerprint density at radius 3 is 2.56 bits per heavy atom. The molecule has 1 fully saturated rings. The Balaban J connectivity index is 1.41. The fourth-order valence-electron chi connectivity index (χ4n) is 3.42. The standard InChI is InChI=1S/C18H22N6O3/c1-21-5-10-24-15(18(21)26)11-14(20-24)17(25)23-8-6-22(7-9-23)13-3-4-16(27-2)19-12-13/h3-4,11-12H,5-10H2,1-2H3. The second-order valence-electron chi connectivity index (χ2n) is 6.70. The van der Waals surface area contributed by atoms with Crippen LogP contribution < -0.4 is 9.64 Å². The van der Waals surface area contributed by atoms with Crippen molar-refractivity contribution in [3.05, 3.63) is 35.8 Å². The van der Waals surface area contributed by atoms with Crippen molar-refractivity contribution in [1.82, 2.24) is 24.6 Å². The maximum atomic E-state index is 12.8. The highest BCUT2D eigenvalue weighted by molar-refractivity contribution is 5.98. The molecule has 4 rings (SSSR count). The first-order chi connectivity index (χ1) is 13.1. The van der Waals surface area contributed by atoms with Crippen LogP contribution in [0.4, 0.5) is 5.69 Å². The third-order valence-electron chi connectivity index (χ3n) is 5.07. The largest absolute Gasteiger partial charge is 0.481 e. The minimum atomic E-state index is -0.125. The van der Waals surface area contributed by atoms with Gasteiger partial charge in [-0.05, 0) is 6.07 Å². The molecule has 0 atom stereocenters. The number of ether oxygens (including phenoxy) is 1. The lowest BCUT2D eigenvalue weighted by molar-refractivity contribution is 0.0728. The summed E-state index contributed by atoms with van der Waals surface area (Å²) in [6, 6.07) is 5.41. The number of anilines is 1. The van der Waals surface area contributed by atoms with Crippen molar-refractivity contribution in [2.45, 2.75) is 6.54 Å². The molecule has 2 aromatic heterocycles. The van der Waals surface area contributed by atoms with Gasteiger partial charge in [0.15, 0.2) is 5.69 Å². The van der Waals surface area contributed by atoms with Crippen LogP contribution in [0, 0.1) is 0 Å². The van der Waals surface area contributed by atoms with Crippen molar-refractivity contribution in [3.8, 4) is 5.88 Å². The van der Waals surface area contributed by atoms with E-state index >= 15 is 0 Å². The van der Waals surface area contributed by atoms with E-state index < -0.39 is 0 Å². The van der Waals surface area contributed by atoms with Crippen molar-refractivity contribution >= 4 is 17.5 Å². The molecule has 4 heterocycles. The highest BCUT2D eigenvalue weighted by Gasteiger charge is 2.29. The first-order valence-corrected chi connectivity index (χ1v) is 8.94. The van der Waals surface area contributed by atoms with E-state index in [1.807, 2.05) is 12.1 Å². The van der Waals surface area contributed by atoms with Crippen LogP contribution in [0.25, 0.3) is 0 Å². The molecular weight excluding hydrogens is 348 g/mol. The van der Waals surface area contributed by atoms with Crippen LogP contribution >= 0.6 is 0 Å². The van der Waals surface area contributed by atoms with Crippen molar-refractivity contribution in [3.63, 3.8) is 0 Å². The molecule has 2 aliphatic heterocycles. The van der Waals surface area contributed by atoms with Gasteiger partial charge >= 0.3 is 0 Å². The quantitative estimate of drug-likeness (QED) is 0.775. The molecule has 2 aliphatic rings. The lowest BCUT2D eigenvalue weighted by Gasteiger charge is -2.35. The molecular formula is C18H22N6O3. The molecule has 0 unspecified atom stereocenters. The molecule has 0 radical (unpaired) electrons. The van der Waals surface area contributed by atoms with E-state index in [4.69, 9.17) is 4.74 Å². The Hall–Kier alpha value is -3.10. The number of methoxy groups -OCH3 is 1. The number of hydrogen-bond acceptors (Lipinski definition) is 6. The number of piperazine rings is 1. The minimum Gasteiger partial charge on any atom is -0.481 e. The van der Waals surface area contributed by atoms with Crippen LogP contribution in [-0.4, -0.2) is 83.3 Å². The fourth-order valence-corrected chi connectivity index (χ4v) is 3.42. The maximum Gasteiger partial charge on any atom is 0.274 e. The minimum absolute atomic E-state index is 0.0929. The average Bonchev–Trinajstić information content (AvgIpc) is 3.15. The van der Waals surface area contributed by atoms with Crippen molar-refractivity contribution in [1.29, 1.82) is 0 Å². The summed E-state index contributed by atoms with van der Waals surface area (Å²) < 4.78 is 6.72. The maximum absolute atomic E-state index is 12.8. The van der Waals surface area contributed by atoms with E-state index in [2.05, 4.69) is 15.0 Å². The summed E-state index contributed by atoms with van der Waals surface area (Å²) in [6.07, 6.45) is 1.78. The van der Waals surface area contributed by atoms with E-state index in [0.29, 0.717) is 43.4 Å². The van der Waals surface area contributed by atoms with Gasteiger partial charge in [-0.25, -0.2) is 4.98 Å². The van der Waals surface area contributed by atoms with Crippen LogP contribution in [0.1, 0.15) is 21.0 Å². The summed E-state index contributed by atoms with van der Waals surface area (Å²) >= 11 is 0. The Labute approximate surface area is 157 Å². The number of fused-ring (bicyclic) bond motifs is 1. The normalized spacial score (nSPS) is 17.1. The van der Waals surface area contributed by atoms with Crippen molar-refractivity contribution in [2.75, 3.05) is 51.8 Å². The van der Waals surface area contributed by atoms with Crippen LogP contribution in [0.3, 0.4) is 0 Å². The number of likely N-dealkylation sites (N-methyl/N-ethyl adjacent to an activating group) is 1. The van der Waals surface area contributed by atoms with E-state index in [0.717, 1.165) is 18.8 Å². The van der Waals surface area contributed by atoms with Gasteiger partial charge < -0.3 is 19.4 Å². The topological polar surface area (TPSA) is 83.8 Å². The van der Waals surface area contributed by atoms with Gasteiger partial charge in [-0.2, -0.15) is 5.10 Å². The Morgan fingerprint density at radius 2 is 1.89 bits per heavy atom. The molecule has 9 nitrogen and oxygen atoms in total. The SMILES string of the molecule is COc1ccc(N2CCN(C(=O)c3cc4n(n3)CCN(C)C4=O)CC2)cn1. The molecule has 9 heteroatoms. The molecule has 0 spiro atoms. The number of nitrogens with zero attached hydrogens (tertiary/aromatic N) is 6. The lowest BCUT2D eigenvalue weighted by atomic mass is 10.2. The van der Waals surface area contributed by atoms with Gasteiger partial charge in [0.05, 0.1) is 25.5 Å². The van der Waals surface area contributed by atoms with Gasteiger partial charge in [-0.1, -0.05) is 0 Å². The Morgan fingerprint density at radius 1 is 1.11 bits per heavy atom. The predicted octanol–water partition coefficient (Wildman–Crippen LogP) is 0.335. The average molecular weight is 370 g/mol. The predicted molar refractivity (Wildman–Crippen MR) is 98.1 cm³/mol. The van der Waals surface area contributed by atoms with Gasteiger partial charge in [0.2, 0.25) is 5.88 Å². The Bertz CT molecular complexity index is 854. The van der Waals surface area contributed by atoms with Gasteiger partial charge in [-0.3, -0.25) is 14.3 Å². The third kappa shape index (κ3) is 3.20. The van der Waals surface area contributed by atoms with E-state index in [1.54, 1.807) is 40.9 Å². The molecule has 27 heavy (non-hydrogen) atoms. The van der Waals surface area contributed by atoms with E-state index in [-0.39, 0.29) is 11.8 Å².